The molecule has 31 heavy (non-hydrogen) atoms. The van der Waals surface area contributed by atoms with Crippen LogP contribution in [0.25, 0.3) is 6.08 Å². The average Bonchev–Trinajstić information content (AvgIpc) is 2.99. The molecule has 0 saturated carbocycles. The zero-order valence-electron chi connectivity index (χ0n) is 18.8. The van der Waals surface area contributed by atoms with Crippen molar-refractivity contribution in [3.05, 3.63) is 31.9 Å². The Kier molecular flexibility index (Phi) is 7.24. The number of hydrogen-bond acceptors (Lipinski definition) is 7. The predicted molar refractivity (Wildman–Crippen MR) is 130 cm³/mol. The predicted octanol–water partition coefficient (Wildman–Crippen LogP) is 2.56. The standard InChI is InChI=1S/C22H29N5O2S2/c1-14(2)6-7-27-21(29)18(31-22(27)30)12-16-15(3)17(13-23)20(28)25(5)19(16)26-10-8-24(4)9-11-26/h12,14H,6-11H2,1-5H3. The molecule has 1 aromatic heterocycles. The summed E-state index contributed by atoms with van der Waals surface area (Å²) in [5, 5.41) is 9.60. The normalized spacial score (nSPS) is 19.1. The number of aromatic nitrogens is 1. The number of carbonyl (C=O) groups is 1. The minimum atomic E-state index is -0.310. The number of hydrogen-bond donors (Lipinski definition) is 0. The molecule has 7 nitrogen and oxygen atoms in total. The van der Waals surface area contributed by atoms with Crippen LogP contribution in [0.2, 0.25) is 0 Å². The molecule has 0 bridgehead atoms. The second-order valence-corrected chi connectivity index (χ2v) is 10.2. The number of thiocarbonyl (C=S) groups is 1. The van der Waals surface area contributed by atoms with Crippen molar-refractivity contribution in [3.8, 4) is 6.07 Å². The first kappa shape index (κ1) is 23.5. The second-order valence-electron chi connectivity index (χ2n) is 8.52. The smallest absolute Gasteiger partial charge is 0.270 e. The average molecular weight is 460 g/mol. The third kappa shape index (κ3) is 4.71. The number of rotatable bonds is 5. The summed E-state index contributed by atoms with van der Waals surface area (Å²) in [5.74, 6) is 1.12. The highest BCUT2D eigenvalue weighted by molar-refractivity contribution is 8.26. The van der Waals surface area contributed by atoms with E-state index in [1.165, 1.54) is 11.8 Å². The maximum atomic E-state index is 13.1. The molecule has 3 heterocycles. The van der Waals surface area contributed by atoms with Gasteiger partial charge in [0.05, 0.1) is 4.91 Å². The van der Waals surface area contributed by atoms with Crippen LogP contribution in [0.3, 0.4) is 0 Å². The number of nitrogens with zero attached hydrogens (tertiary/aromatic N) is 5. The van der Waals surface area contributed by atoms with E-state index in [1.54, 1.807) is 23.4 Å². The molecule has 0 spiro atoms. The Morgan fingerprint density at radius 2 is 1.84 bits per heavy atom. The topological polar surface area (TPSA) is 72.6 Å². The van der Waals surface area contributed by atoms with Crippen LogP contribution in [0, 0.1) is 24.2 Å². The lowest BCUT2D eigenvalue weighted by Crippen LogP contribution is -2.46. The van der Waals surface area contributed by atoms with E-state index in [9.17, 15) is 14.9 Å². The lowest BCUT2D eigenvalue weighted by atomic mass is 10.0. The Hall–Kier alpha value is -2.15. The Labute approximate surface area is 193 Å². The number of thioether (sulfide) groups is 1. The third-order valence-electron chi connectivity index (χ3n) is 5.85. The molecule has 0 atom stereocenters. The molecule has 1 amide bonds. The summed E-state index contributed by atoms with van der Waals surface area (Å²) in [6.07, 6.45) is 2.70. The summed E-state index contributed by atoms with van der Waals surface area (Å²) in [7, 11) is 3.77. The quantitative estimate of drug-likeness (QED) is 0.495. The number of piperazine rings is 1. The van der Waals surface area contributed by atoms with Gasteiger partial charge in [-0.3, -0.25) is 19.1 Å². The van der Waals surface area contributed by atoms with Gasteiger partial charge in [-0.15, -0.1) is 0 Å². The second kappa shape index (κ2) is 9.55. The van der Waals surface area contributed by atoms with E-state index in [-0.39, 0.29) is 17.0 Å². The zero-order chi connectivity index (χ0) is 22.9. The molecular formula is C22H29N5O2S2. The summed E-state index contributed by atoms with van der Waals surface area (Å²) in [5.41, 5.74) is 1.15. The minimum absolute atomic E-state index is 0.105. The fourth-order valence-electron chi connectivity index (χ4n) is 3.82. The summed E-state index contributed by atoms with van der Waals surface area (Å²) < 4.78 is 2.10. The molecule has 0 aromatic carbocycles. The SMILES string of the molecule is Cc1c(C=C2SC(=S)N(CCC(C)C)C2=O)c(N2CCN(C)CC2)n(C)c(=O)c1C#N. The van der Waals surface area contributed by atoms with Crippen molar-refractivity contribution in [1.82, 2.24) is 14.4 Å². The van der Waals surface area contributed by atoms with Crippen LogP contribution < -0.4 is 10.5 Å². The maximum absolute atomic E-state index is 13.1. The molecule has 166 valence electrons. The van der Waals surface area contributed by atoms with Crippen LogP contribution in [0.4, 0.5) is 5.82 Å². The Morgan fingerprint density at radius 3 is 2.42 bits per heavy atom. The highest BCUT2D eigenvalue weighted by Crippen LogP contribution is 2.36. The van der Waals surface area contributed by atoms with Crippen molar-refractivity contribution in [2.45, 2.75) is 27.2 Å². The van der Waals surface area contributed by atoms with Gasteiger partial charge in [-0.25, -0.2) is 0 Å². The van der Waals surface area contributed by atoms with Crippen molar-refractivity contribution in [1.29, 1.82) is 5.26 Å². The lowest BCUT2D eigenvalue weighted by Gasteiger charge is -2.36. The number of likely N-dealkylation sites (N-methyl/N-ethyl adjacent to an activating group) is 1. The monoisotopic (exact) mass is 459 g/mol. The van der Waals surface area contributed by atoms with Crippen LogP contribution in [0.15, 0.2) is 9.70 Å². The van der Waals surface area contributed by atoms with Gasteiger partial charge in [0, 0.05) is 45.3 Å². The fraction of sp³-hybridized carbons (Fsp3) is 0.545. The van der Waals surface area contributed by atoms with Gasteiger partial charge < -0.3 is 9.80 Å². The van der Waals surface area contributed by atoms with Crippen molar-refractivity contribution >= 4 is 46.1 Å². The molecule has 9 heteroatoms. The number of carbonyl (C=O) groups excluding carboxylic acids is 1. The van der Waals surface area contributed by atoms with Crippen LogP contribution >= 0.6 is 24.0 Å². The molecule has 0 radical (unpaired) electrons. The van der Waals surface area contributed by atoms with Gasteiger partial charge in [0.2, 0.25) is 0 Å². The van der Waals surface area contributed by atoms with E-state index in [1.807, 2.05) is 6.08 Å². The number of anilines is 1. The van der Waals surface area contributed by atoms with Gasteiger partial charge in [-0.05, 0) is 37.9 Å². The molecule has 2 aliphatic heterocycles. The largest absolute Gasteiger partial charge is 0.355 e. The molecule has 0 aliphatic carbocycles. The molecule has 1 aromatic rings. The van der Waals surface area contributed by atoms with E-state index >= 15 is 0 Å². The first-order valence-electron chi connectivity index (χ1n) is 10.5. The molecule has 0 N–H and O–H groups in total. The van der Waals surface area contributed by atoms with E-state index in [4.69, 9.17) is 12.2 Å². The van der Waals surface area contributed by atoms with Crippen molar-refractivity contribution < 1.29 is 4.79 Å². The fourth-order valence-corrected chi connectivity index (χ4v) is 5.11. The highest BCUT2D eigenvalue weighted by atomic mass is 32.2. The summed E-state index contributed by atoms with van der Waals surface area (Å²) in [4.78, 5) is 32.5. The van der Waals surface area contributed by atoms with Gasteiger partial charge in [-0.1, -0.05) is 37.8 Å². The minimum Gasteiger partial charge on any atom is -0.355 e. The molecule has 2 fully saturated rings. The third-order valence-corrected chi connectivity index (χ3v) is 7.23. The van der Waals surface area contributed by atoms with Crippen LogP contribution in [0.5, 0.6) is 0 Å². The number of nitriles is 1. The van der Waals surface area contributed by atoms with Crippen molar-refractivity contribution in [3.63, 3.8) is 0 Å². The van der Waals surface area contributed by atoms with Gasteiger partial charge in [0.15, 0.2) is 0 Å². The molecule has 2 saturated heterocycles. The zero-order valence-corrected chi connectivity index (χ0v) is 20.4. The Bertz CT molecular complexity index is 1030. The van der Waals surface area contributed by atoms with Crippen molar-refractivity contribution in [2.75, 3.05) is 44.7 Å². The summed E-state index contributed by atoms with van der Waals surface area (Å²) in [6, 6.07) is 2.05. The maximum Gasteiger partial charge on any atom is 0.270 e. The molecule has 2 aliphatic rings. The molecular weight excluding hydrogens is 430 g/mol. The Balaban J connectivity index is 2.09. The van der Waals surface area contributed by atoms with Crippen molar-refractivity contribution in [2.24, 2.45) is 13.0 Å². The van der Waals surface area contributed by atoms with Crippen LogP contribution in [-0.2, 0) is 11.8 Å². The van der Waals surface area contributed by atoms with E-state index < -0.39 is 0 Å². The van der Waals surface area contributed by atoms with Gasteiger partial charge >= 0.3 is 0 Å². The van der Waals surface area contributed by atoms with Crippen LogP contribution in [0.1, 0.15) is 37.0 Å². The number of amides is 1. The summed E-state index contributed by atoms with van der Waals surface area (Å²) in [6.45, 7) is 9.91. The van der Waals surface area contributed by atoms with Crippen LogP contribution in [-0.4, -0.2) is 64.4 Å². The number of pyridine rings is 1. The van der Waals surface area contributed by atoms with E-state index in [0.29, 0.717) is 27.3 Å². The first-order chi connectivity index (χ1) is 14.6. The molecule has 3 rings (SSSR count). The lowest BCUT2D eigenvalue weighted by molar-refractivity contribution is -0.122. The Morgan fingerprint density at radius 1 is 1.19 bits per heavy atom. The van der Waals surface area contributed by atoms with Gasteiger partial charge in [-0.2, -0.15) is 5.26 Å². The van der Waals surface area contributed by atoms with E-state index in [0.717, 1.165) is 44.0 Å². The first-order valence-corrected chi connectivity index (χ1v) is 11.7. The summed E-state index contributed by atoms with van der Waals surface area (Å²) >= 11 is 6.75. The highest BCUT2D eigenvalue weighted by Gasteiger charge is 2.33. The van der Waals surface area contributed by atoms with E-state index in [2.05, 4.69) is 36.8 Å². The van der Waals surface area contributed by atoms with Gasteiger partial charge in [0.25, 0.3) is 11.5 Å². The molecule has 0 unspecified atom stereocenters. The van der Waals surface area contributed by atoms with Gasteiger partial charge in [0.1, 0.15) is 21.8 Å².